The Morgan fingerprint density at radius 3 is 2.64 bits per heavy atom. The highest BCUT2D eigenvalue weighted by Crippen LogP contribution is 2.21. The third kappa shape index (κ3) is 1.30. The van der Waals surface area contributed by atoms with Crippen LogP contribution in [0.3, 0.4) is 0 Å². The Kier molecular flexibility index (Phi) is 2.74. The van der Waals surface area contributed by atoms with Gasteiger partial charge in [0.25, 0.3) is 5.88 Å². The second-order valence-corrected chi connectivity index (χ2v) is 2.22. The molecule has 0 aliphatic carbocycles. The highest BCUT2D eigenvalue weighted by atomic mass is 16.5. The van der Waals surface area contributed by atoms with E-state index in [1.165, 1.54) is 7.11 Å². The maximum atomic E-state index is 5.19. The summed E-state index contributed by atoms with van der Waals surface area (Å²) in [4.78, 5) is 0. The number of ether oxygens (including phenoxy) is 1. The molecule has 6 N–H and O–H groups in total. The molecule has 0 saturated carbocycles. The second kappa shape index (κ2) is 3.81. The topological polar surface area (TPSA) is 146 Å². The number of hydrazine groups is 1. The van der Waals surface area contributed by atoms with Crippen molar-refractivity contribution in [3.8, 4) is 5.88 Å². The normalized spacial score (nSPS) is 9.57. The maximum Gasteiger partial charge on any atom is 0.263 e. The SMILES string of the molecule is COc1nnc(NN)c2n[nH]nc12.O. The number of fused-ring (bicyclic) bond motifs is 1. The zero-order valence-corrected chi connectivity index (χ0v) is 7.27. The fourth-order valence-electron chi connectivity index (χ4n) is 0.970. The van der Waals surface area contributed by atoms with E-state index in [1.807, 2.05) is 0 Å². The van der Waals surface area contributed by atoms with E-state index < -0.39 is 0 Å². The number of anilines is 1. The van der Waals surface area contributed by atoms with Crippen molar-refractivity contribution in [2.24, 2.45) is 5.84 Å². The van der Waals surface area contributed by atoms with Gasteiger partial charge in [-0.3, -0.25) is 0 Å². The Hall–Kier alpha value is -2.00. The number of aromatic nitrogens is 5. The molecular weight excluding hydrogens is 190 g/mol. The Morgan fingerprint density at radius 1 is 1.29 bits per heavy atom. The first-order valence-corrected chi connectivity index (χ1v) is 3.44. The van der Waals surface area contributed by atoms with Crippen LogP contribution in [0.15, 0.2) is 0 Å². The molecule has 9 nitrogen and oxygen atoms in total. The van der Waals surface area contributed by atoms with Crippen LogP contribution in [0.4, 0.5) is 5.82 Å². The summed E-state index contributed by atoms with van der Waals surface area (Å²) in [6.07, 6.45) is 0. The molecule has 0 aliphatic rings. The van der Waals surface area contributed by atoms with Gasteiger partial charge >= 0.3 is 0 Å². The lowest BCUT2D eigenvalue weighted by molar-refractivity contribution is 0.397. The predicted molar refractivity (Wildman–Crippen MR) is 47.5 cm³/mol. The summed E-state index contributed by atoms with van der Waals surface area (Å²) in [6.45, 7) is 0. The lowest BCUT2D eigenvalue weighted by Gasteiger charge is -2.00. The molecule has 0 aromatic carbocycles. The number of methoxy groups -OCH3 is 1. The van der Waals surface area contributed by atoms with E-state index in [1.54, 1.807) is 0 Å². The lowest BCUT2D eigenvalue weighted by atomic mass is 10.4. The van der Waals surface area contributed by atoms with E-state index in [0.29, 0.717) is 22.7 Å². The molecule has 0 radical (unpaired) electrons. The standard InChI is InChI=1S/C5H7N7O.H2O/c1-13-5-3-2(8-12-9-3)4(7-6)10-11-5;/h6H2,1H3,(H,7,10)(H,8,9,12);1H2. The molecule has 14 heavy (non-hydrogen) atoms. The number of nitrogens with one attached hydrogen (secondary N) is 2. The van der Waals surface area contributed by atoms with Crippen molar-refractivity contribution in [1.82, 2.24) is 25.6 Å². The number of hydrogen-bond acceptors (Lipinski definition) is 7. The summed E-state index contributed by atoms with van der Waals surface area (Å²) >= 11 is 0. The second-order valence-electron chi connectivity index (χ2n) is 2.22. The molecule has 0 spiro atoms. The molecule has 2 rings (SSSR count). The van der Waals surface area contributed by atoms with Crippen LogP contribution in [0.25, 0.3) is 11.0 Å². The number of nitrogen functional groups attached to an aromatic ring is 1. The van der Waals surface area contributed by atoms with Gasteiger partial charge in [0.1, 0.15) is 0 Å². The van der Waals surface area contributed by atoms with Gasteiger partial charge in [0.15, 0.2) is 16.9 Å². The van der Waals surface area contributed by atoms with E-state index in [0.717, 1.165) is 0 Å². The van der Waals surface area contributed by atoms with E-state index >= 15 is 0 Å². The fraction of sp³-hybridized carbons (Fsp3) is 0.200. The minimum absolute atomic E-state index is 0. The molecule has 76 valence electrons. The largest absolute Gasteiger partial charge is 0.478 e. The van der Waals surface area contributed by atoms with Crippen LogP contribution in [0, 0.1) is 0 Å². The zero-order valence-electron chi connectivity index (χ0n) is 7.27. The van der Waals surface area contributed by atoms with Crippen molar-refractivity contribution in [3.05, 3.63) is 0 Å². The monoisotopic (exact) mass is 199 g/mol. The molecule has 0 fully saturated rings. The summed E-state index contributed by atoms with van der Waals surface area (Å²) in [6, 6.07) is 0. The van der Waals surface area contributed by atoms with Crippen molar-refractivity contribution in [2.45, 2.75) is 0 Å². The molecule has 0 saturated heterocycles. The number of rotatable bonds is 2. The first-order chi connectivity index (χ1) is 6.36. The summed E-state index contributed by atoms with van der Waals surface area (Å²) < 4.78 is 4.92. The van der Waals surface area contributed by atoms with Gasteiger partial charge in [-0.05, 0) is 0 Å². The van der Waals surface area contributed by atoms with Crippen LogP contribution in [-0.4, -0.2) is 38.2 Å². The van der Waals surface area contributed by atoms with E-state index in [2.05, 4.69) is 31.0 Å². The summed E-state index contributed by atoms with van der Waals surface area (Å²) in [5.74, 6) is 5.85. The van der Waals surface area contributed by atoms with Crippen LogP contribution in [0.1, 0.15) is 0 Å². The summed E-state index contributed by atoms with van der Waals surface area (Å²) in [5, 5.41) is 17.6. The van der Waals surface area contributed by atoms with Gasteiger partial charge in [-0.1, -0.05) is 0 Å². The average molecular weight is 199 g/mol. The van der Waals surface area contributed by atoms with Gasteiger partial charge in [-0.15, -0.1) is 10.2 Å². The molecule has 0 amide bonds. The highest BCUT2D eigenvalue weighted by molar-refractivity contribution is 5.87. The molecule has 0 bridgehead atoms. The van der Waals surface area contributed by atoms with Crippen LogP contribution in [0.5, 0.6) is 5.88 Å². The van der Waals surface area contributed by atoms with E-state index in [9.17, 15) is 0 Å². The molecule has 0 unspecified atom stereocenters. The highest BCUT2D eigenvalue weighted by Gasteiger charge is 2.12. The molecule has 0 aliphatic heterocycles. The van der Waals surface area contributed by atoms with Crippen LogP contribution < -0.4 is 16.0 Å². The number of H-pyrrole nitrogens is 1. The molecule has 2 aromatic heterocycles. The van der Waals surface area contributed by atoms with Gasteiger partial charge in [-0.2, -0.15) is 15.4 Å². The fourth-order valence-corrected chi connectivity index (χ4v) is 0.970. The van der Waals surface area contributed by atoms with E-state index in [-0.39, 0.29) is 5.48 Å². The number of aromatic amines is 1. The Morgan fingerprint density at radius 2 is 2.00 bits per heavy atom. The van der Waals surface area contributed by atoms with Crippen LogP contribution in [0.2, 0.25) is 0 Å². The summed E-state index contributed by atoms with van der Waals surface area (Å²) in [7, 11) is 1.48. The maximum absolute atomic E-state index is 5.19. The number of nitrogens with zero attached hydrogens (tertiary/aromatic N) is 4. The minimum Gasteiger partial charge on any atom is -0.478 e. The first kappa shape index (κ1) is 10.1. The Bertz CT molecular complexity index is 389. The van der Waals surface area contributed by atoms with Crippen molar-refractivity contribution in [2.75, 3.05) is 12.5 Å². The first-order valence-electron chi connectivity index (χ1n) is 3.44. The molecular formula is C5H9N7O2. The molecule has 9 heteroatoms. The average Bonchev–Trinajstić information content (AvgIpc) is 2.64. The van der Waals surface area contributed by atoms with Crippen molar-refractivity contribution < 1.29 is 10.2 Å². The smallest absolute Gasteiger partial charge is 0.263 e. The van der Waals surface area contributed by atoms with Crippen LogP contribution in [-0.2, 0) is 0 Å². The molecule has 2 heterocycles. The third-order valence-corrected chi connectivity index (χ3v) is 1.55. The van der Waals surface area contributed by atoms with Crippen molar-refractivity contribution in [1.29, 1.82) is 0 Å². The number of nitrogens with two attached hydrogens (primary N) is 1. The zero-order chi connectivity index (χ0) is 9.26. The third-order valence-electron chi connectivity index (χ3n) is 1.55. The molecule has 0 atom stereocenters. The minimum atomic E-state index is 0. The van der Waals surface area contributed by atoms with Crippen molar-refractivity contribution >= 4 is 16.9 Å². The Labute approximate surface area is 77.9 Å². The van der Waals surface area contributed by atoms with Gasteiger partial charge < -0.3 is 15.6 Å². The van der Waals surface area contributed by atoms with Gasteiger partial charge in [-0.25, -0.2) is 5.84 Å². The quantitative estimate of drug-likeness (QED) is 0.382. The summed E-state index contributed by atoms with van der Waals surface area (Å²) in [5.41, 5.74) is 3.34. The van der Waals surface area contributed by atoms with Gasteiger partial charge in [0.2, 0.25) is 0 Å². The van der Waals surface area contributed by atoms with Crippen molar-refractivity contribution in [3.63, 3.8) is 0 Å². The lowest BCUT2D eigenvalue weighted by Crippen LogP contribution is -2.10. The Balaban J connectivity index is 0.000000980. The predicted octanol–water partition coefficient (Wildman–Crippen LogP) is -1.78. The van der Waals surface area contributed by atoms with Gasteiger partial charge in [0.05, 0.1) is 7.11 Å². The van der Waals surface area contributed by atoms with E-state index in [4.69, 9.17) is 10.6 Å². The van der Waals surface area contributed by atoms with Crippen LogP contribution >= 0.6 is 0 Å². The van der Waals surface area contributed by atoms with Gasteiger partial charge in [0, 0.05) is 0 Å². The molecule has 2 aromatic rings. The number of hydrogen-bond donors (Lipinski definition) is 3.